The normalized spacial score (nSPS) is 16.6. The Kier molecular flexibility index (Phi) is 6.01. The number of hydrogen-bond donors (Lipinski definition) is 5. The molecule has 0 heterocycles. The minimum Gasteiger partial charge on any atom is -0.398 e. The first-order chi connectivity index (χ1) is 13.0. The third-order valence-electron chi connectivity index (χ3n) is 4.53. The molecule has 27 heavy (non-hydrogen) atoms. The molecule has 1 amide bonds. The molecule has 0 spiro atoms. The molecule has 0 aliphatic heterocycles. The van der Waals surface area contributed by atoms with Crippen LogP contribution in [-0.2, 0) is 4.79 Å². The third-order valence-corrected chi connectivity index (χ3v) is 4.53. The van der Waals surface area contributed by atoms with Gasteiger partial charge in [-0.25, -0.2) is 10.1 Å². The van der Waals surface area contributed by atoms with E-state index in [-0.39, 0.29) is 11.6 Å². The van der Waals surface area contributed by atoms with E-state index in [4.69, 9.17) is 11.1 Å². The molecule has 2 aliphatic rings. The zero-order chi connectivity index (χ0) is 19.2. The van der Waals surface area contributed by atoms with Gasteiger partial charge in [0.25, 0.3) is 0 Å². The van der Waals surface area contributed by atoms with Crippen molar-refractivity contribution >= 4 is 23.0 Å². The SMILES string of the molecule is N=C(C(=O)[NH2+]C1=CCCC=C1)c1cc(NC(O)CC2=CC=CC2)ccc1N. The van der Waals surface area contributed by atoms with E-state index in [1.165, 1.54) is 5.32 Å². The van der Waals surface area contributed by atoms with Crippen molar-refractivity contribution in [2.45, 2.75) is 31.9 Å². The maximum absolute atomic E-state index is 12.4. The Morgan fingerprint density at radius 1 is 1.33 bits per heavy atom. The lowest BCUT2D eigenvalue weighted by molar-refractivity contribution is -0.506. The molecule has 140 valence electrons. The Balaban J connectivity index is 1.66. The lowest BCUT2D eigenvalue weighted by Gasteiger charge is -2.16. The molecule has 1 aromatic carbocycles. The van der Waals surface area contributed by atoms with Gasteiger partial charge in [0.2, 0.25) is 0 Å². The number of nitrogens with two attached hydrogens (primary N) is 2. The summed E-state index contributed by atoms with van der Waals surface area (Å²) in [5.74, 6) is -0.389. The van der Waals surface area contributed by atoms with Crippen molar-refractivity contribution in [3.63, 3.8) is 0 Å². The van der Waals surface area contributed by atoms with Crippen LogP contribution in [0.4, 0.5) is 11.4 Å². The van der Waals surface area contributed by atoms with E-state index >= 15 is 0 Å². The Labute approximate surface area is 158 Å². The minimum absolute atomic E-state index is 0.159. The highest BCUT2D eigenvalue weighted by molar-refractivity contribution is 6.42. The molecule has 0 saturated heterocycles. The van der Waals surface area contributed by atoms with Crippen LogP contribution in [0.25, 0.3) is 0 Å². The molecule has 0 fully saturated rings. The van der Waals surface area contributed by atoms with Crippen LogP contribution in [0.1, 0.15) is 31.2 Å². The van der Waals surface area contributed by atoms with Crippen LogP contribution in [0.2, 0.25) is 0 Å². The maximum atomic E-state index is 12.4. The number of nitrogen functional groups attached to an aromatic ring is 1. The number of carbonyl (C=O) groups excluding carboxylic acids is 1. The number of aliphatic hydroxyl groups is 1. The predicted molar refractivity (Wildman–Crippen MR) is 107 cm³/mol. The molecule has 7 N–H and O–H groups in total. The van der Waals surface area contributed by atoms with Crippen molar-refractivity contribution < 1.29 is 15.2 Å². The highest BCUT2D eigenvalue weighted by Gasteiger charge is 2.21. The number of anilines is 2. The Morgan fingerprint density at radius 3 is 2.89 bits per heavy atom. The number of nitrogens with one attached hydrogen (secondary N) is 2. The first-order valence-electron chi connectivity index (χ1n) is 9.06. The first kappa shape index (κ1) is 18.8. The van der Waals surface area contributed by atoms with Crippen molar-refractivity contribution in [2.75, 3.05) is 11.1 Å². The van der Waals surface area contributed by atoms with Crippen molar-refractivity contribution in [3.8, 4) is 0 Å². The van der Waals surface area contributed by atoms with E-state index in [0.717, 1.165) is 30.5 Å². The molecule has 2 aliphatic carbocycles. The van der Waals surface area contributed by atoms with E-state index < -0.39 is 6.23 Å². The summed E-state index contributed by atoms with van der Waals surface area (Å²) >= 11 is 0. The second-order valence-electron chi connectivity index (χ2n) is 6.69. The van der Waals surface area contributed by atoms with Crippen molar-refractivity contribution in [3.05, 3.63) is 71.5 Å². The quantitative estimate of drug-likeness (QED) is 0.288. The lowest BCUT2D eigenvalue weighted by Crippen LogP contribution is -2.87. The number of rotatable bonds is 7. The summed E-state index contributed by atoms with van der Waals surface area (Å²) in [5.41, 5.74) is 9.12. The van der Waals surface area contributed by atoms with Crippen LogP contribution < -0.4 is 16.4 Å². The van der Waals surface area contributed by atoms with Gasteiger partial charge in [-0.05, 0) is 49.6 Å². The molecule has 1 aromatic rings. The summed E-state index contributed by atoms with van der Waals surface area (Å²) in [6, 6.07) is 5.01. The molecular formula is C21H25N4O2+. The van der Waals surface area contributed by atoms with Crippen LogP contribution in [0.5, 0.6) is 0 Å². The monoisotopic (exact) mass is 365 g/mol. The minimum atomic E-state index is -0.749. The molecular weight excluding hydrogens is 340 g/mol. The number of aliphatic hydroxyl groups excluding tert-OH is 1. The highest BCUT2D eigenvalue weighted by atomic mass is 16.3. The van der Waals surface area contributed by atoms with Crippen molar-refractivity contribution in [2.24, 2.45) is 0 Å². The van der Waals surface area contributed by atoms with E-state index in [0.29, 0.717) is 23.4 Å². The molecule has 1 unspecified atom stereocenters. The topological polar surface area (TPSA) is 116 Å². The fourth-order valence-corrected chi connectivity index (χ4v) is 3.09. The molecule has 0 saturated carbocycles. The van der Waals surface area contributed by atoms with Gasteiger partial charge in [-0.3, -0.25) is 5.41 Å². The predicted octanol–water partition coefficient (Wildman–Crippen LogP) is 1.97. The summed E-state index contributed by atoms with van der Waals surface area (Å²) < 4.78 is 0. The van der Waals surface area contributed by atoms with Gasteiger partial charge in [0.15, 0.2) is 5.71 Å². The van der Waals surface area contributed by atoms with Crippen LogP contribution in [0.15, 0.2) is 65.9 Å². The van der Waals surface area contributed by atoms with Gasteiger partial charge in [0.05, 0.1) is 0 Å². The smallest absolute Gasteiger partial charge is 0.366 e. The molecule has 0 bridgehead atoms. The van der Waals surface area contributed by atoms with Crippen LogP contribution in [-0.4, -0.2) is 23.0 Å². The Hall–Kier alpha value is -2.96. The molecule has 0 aromatic heterocycles. The first-order valence-corrected chi connectivity index (χ1v) is 9.06. The van der Waals surface area contributed by atoms with Gasteiger partial charge in [0, 0.05) is 23.4 Å². The summed E-state index contributed by atoms with van der Waals surface area (Å²) in [4.78, 5) is 12.4. The molecule has 3 rings (SSSR count). The van der Waals surface area contributed by atoms with E-state index in [1.54, 1.807) is 18.2 Å². The average molecular weight is 365 g/mol. The van der Waals surface area contributed by atoms with Gasteiger partial charge in [-0.15, -0.1) is 0 Å². The largest absolute Gasteiger partial charge is 0.398 e. The number of quaternary nitrogens is 1. The second-order valence-corrected chi connectivity index (χ2v) is 6.69. The Bertz CT molecular complexity index is 865. The third kappa shape index (κ3) is 5.03. The molecule has 6 nitrogen and oxygen atoms in total. The molecule has 1 atom stereocenters. The average Bonchev–Trinajstić information content (AvgIpc) is 3.16. The van der Waals surface area contributed by atoms with Crippen molar-refractivity contribution in [1.29, 1.82) is 5.41 Å². The fraction of sp³-hybridized carbons (Fsp3) is 0.238. The summed E-state index contributed by atoms with van der Waals surface area (Å²) in [5, 5.41) is 22.9. The Morgan fingerprint density at radius 2 is 2.19 bits per heavy atom. The number of carbonyl (C=O) groups is 1. The summed E-state index contributed by atoms with van der Waals surface area (Å²) in [6.07, 6.45) is 14.4. The van der Waals surface area contributed by atoms with Gasteiger partial charge in [-0.1, -0.05) is 29.9 Å². The van der Waals surface area contributed by atoms with Gasteiger partial charge < -0.3 is 16.2 Å². The number of hydrogen-bond acceptors (Lipinski definition) is 5. The standard InChI is InChI=1S/C21H24N4O2/c22-18-11-10-16(24-19(26)12-14-6-4-5-7-14)13-17(18)20(23)21(27)25-15-8-2-1-3-9-15/h2,4-6,8-11,13,19,23-24,26H,1,3,7,12,22H2,(H,25,27)/p+1. The van der Waals surface area contributed by atoms with Crippen LogP contribution in [0, 0.1) is 5.41 Å². The highest BCUT2D eigenvalue weighted by Crippen LogP contribution is 2.21. The van der Waals surface area contributed by atoms with Crippen molar-refractivity contribution in [1.82, 2.24) is 0 Å². The van der Waals surface area contributed by atoms with Gasteiger partial charge in [-0.2, -0.15) is 0 Å². The zero-order valence-electron chi connectivity index (χ0n) is 15.1. The van der Waals surface area contributed by atoms with Crippen LogP contribution in [0.3, 0.4) is 0 Å². The summed E-state index contributed by atoms with van der Waals surface area (Å²) in [6.45, 7) is 0. The molecule has 0 radical (unpaired) electrons. The van der Waals surface area contributed by atoms with E-state index in [9.17, 15) is 9.90 Å². The van der Waals surface area contributed by atoms with Gasteiger partial charge in [0.1, 0.15) is 11.9 Å². The molecule has 6 heteroatoms. The summed E-state index contributed by atoms with van der Waals surface area (Å²) in [7, 11) is 0. The van der Waals surface area contributed by atoms with E-state index in [1.807, 2.05) is 36.5 Å². The number of allylic oxidation sites excluding steroid dienone is 6. The maximum Gasteiger partial charge on any atom is 0.366 e. The number of primary amides is 1. The number of benzene rings is 1. The zero-order valence-corrected chi connectivity index (χ0v) is 15.1. The number of amides is 1. The lowest BCUT2D eigenvalue weighted by atomic mass is 10.1. The second kappa shape index (κ2) is 8.62. The van der Waals surface area contributed by atoms with Crippen LogP contribution >= 0.6 is 0 Å². The van der Waals surface area contributed by atoms with Gasteiger partial charge >= 0.3 is 5.91 Å². The van der Waals surface area contributed by atoms with E-state index in [2.05, 4.69) is 5.32 Å². The fourth-order valence-electron chi connectivity index (χ4n) is 3.09.